The first-order valence-corrected chi connectivity index (χ1v) is 14.0. The first-order valence-electron chi connectivity index (χ1n) is 14.0. The molecule has 1 saturated carbocycles. The number of hydrogen-bond donors (Lipinski definition) is 3. The smallest absolute Gasteiger partial charge is 0.0960 e. The number of nitrogens with zero attached hydrogens (tertiary/aromatic N) is 3. The molecule has 3 heterocycles. The molecule has 0 radical (unpaired) electrons. The Morgan fingerprint density at radius 2 is 1.67 bits per heavy atom. The minimum Gasteiger partial charge on any atom is -0.401 e. The van der Waals surface area contributed by atoms with E-state index in [2.05, 4.69) is 22.8 Å². The maximum Gasteiger partial charge on any atom is 0.0960 e. The molecule has 0 unspecified atom stereocenters. The third kappa shape index (κ3) is 6.44. The molecule has 39 heavy (non-hydrogen) atoms. The number of hydrogen-bond acceptors (Lipinski definition) is 6. The van der Waals surface area contributed by atoms with Crippen LogP contribution >= 0.6 is 0 Å². The molecule has 6 rings (SSSR count). The van der Waals surface area contributed by atoms with Gasteiger partial charge < -0.3 is 25.2 Å². The van der Waals surface area contributed by atoms with Crippen molar-refractivity contribution in [2.24, 2.45) is 17.5 Å². The number of allylic oxidation sites excluding steroid dienone is 1. The molecule has 0 atom stereocenters. The van der Waals surface area contributed by atoms with Crippen molar-refractivity contribution in [3.8, 4) is 0 Å². The summed E-state index contributed by atoms with van der Waals surface area (Å²) in [5.41, 5.74) is 11.9. The molecule has 2 aromatic carbocycles. The van der Waals surface area contributed by atoms with Gasteiger partial charge in [-0.3, -0.25) is 4.98 Å². The number of fused-ring (bicyclic) bond motifs is 3. The molecule has 7 nitrogen and oxygen atoms in total. The minimum atomic E-state index is -0.665. The van der Waals surface area contributed by atoms with Crippen LogP contribution in [0.2, 0.25) is 0 Å². The number of nitrogens with two attached hydrogens (primary N) is 2. The highest BCUT2D eigenvalue weighted by Gasteiger charge is 2.42. The van der Waals surface area contributed by atoms with E-state index in [1.54, 1.807) is 12.1 Å². The Morgan fingerprint density at radius 1 is 1.05 bits per heavy atom. The predicted molar refractivity (Wildman–Crippen MR) is 160 cm³/mol. The van der Waals surface area contributed by atoms with Crippen LogP contribution in [0.5, 0.6) is 0 Å². The van der Waals surface area contributed by atoms with E-state index in [0.29, 0.717) is 11.6 Å². The van der Waals surface area contributed by atoms with E-state index in [1.807, 2.05) is 69.4 Å². The first-order chi connectivity index (χ1) is 18.9. The number of hydrazine groups is 1. The molecule has 1 aliphatic heterocycles. The molecular weight excluding hydrogens is 486 g/mol. The lowest BCUT2D eigenvalue weighted by atomic mass is 10.00. The van der Waals surface area contributed by atoms with E-state index in [1.165, 1.54) is 0 Å². The van der Waals surface area contributed by atoms with Gasteiger partial charge in [0.15, 0.2) is 0 Å². The second-order valence-electron chi connectivity index (χ2n) is 10.3. The molecule has 208 valence electrons. The topological polar surface area (TPSA) is 103 Å². The Kier molecular flexibility index (Phi) is 9.28. The summed E-state index contributed by atoms with van der Waals surface area (Å²) in [5.74, 6) is 6.62. The summed E-state index contributed by atoms with van der Waals surface area (Å²) in [6.45, 7) is 8.37. The van der Waals surface area contributed by atoms with E-state index in [9.17, 15) is 5.11 Å². The van der Waals surface area contributed by atoms with Crippen LogP contribution in [0.4, 0.5) is 0 Å². The van der Waals surface area contributed by atoms with Crippen molar-refractivity contribution in [2.75, 3.05) is 20.3 Å². The van der Waals surface area contributed by atoms with Gasteiger partial charge in [-0.1, -0.05) is 62.4 Å². The van der Waals surface area contributed by atoms with Gasteiger partial charge >= 0.3 is 0 Å². The van der Waals surface area contributed by atoms with E-state index in [4.69, 9.17) is 21.3 Å². The van der Waals surface area contributed by atoms with Gasteiger partial charge in [-0.2, -0.15) is 0 Å². The fraction of sp³-hybridized carbons (Fsp3) is 0.406. The van der Waals surface area contributed by atoms with Crippen LogP contribution in [0.3, 0.4) is 0 Å². The van der Waals surface area contributed by atoms with Crippen LogP contribution in [-0.4, -0.2) is 39.9 Å². The van der Waals surface area contributed by atoms with Gasteiger partial charge in [0.2, 0.25) is 0 Å². The van der Waals surface area contributed by atoms with Gasteiger partial charge in [0, 0.05) is 49.6 Å². The molecule has 1 aliphatic carbocycles. The van der Waals surface area contributed by atoms with Crippen molar-refractivity contribution < 1.29 is 9.84 Å². The Balaban J connectivity index is 0.000000385. The summed E-state index contributed by atoms with van der Waals surface area (Å²) in [6, 6.07) is 20.5. The number of aliphatic hydroxyl groups is 1. The molecule has 2 aromatic heterocycles. The summed E-state index contributed by atoms with van der Waals surface area (Å²) in [4.78, 5) is 4.84. The van der Waals surface area contributed by atoms with Gasteiger partial charge in [0.1, 0.15) is 0 Å². The van der Waals surface area contributed by atoms with Gasteiger partial charge in [0.25, 0.3) is 0 Å². The SMILES string of the molecule is C/C(N)=C(\c1cnc2c3ccc(C4(O)CC4)cc3n(CC3CCOCC3)c2c1)N(C)N.CC.c1ccccc1. The number of ether oxygens (including phenoxy) is 1. The van der Waals surface area contributed by atoms with Crippen LogP contribution in [0.15, 0.2) is 72.6 Å². The van der Waals surface area contributed by atoms with Crippen molar-refractivity contribution in [3.05, 3.63) is 83.7 Å². The summed E-state index contributed by atoms with van der Waals surface area (Å²) in [6.07, 6.45) is 5.60. The van der Waals surface area contributed by atoms with Crippen LogP contribution in [-0.2, 0) is 16.9 Å². The Morgan fingerprint density at radius 3 is 2.21 bits per heavy atom. The van der Waals surface area contributed by atoms with Crippen molar-refractivity contribution in [1.29, 1.82) is 0 Å². The molecule has 2 aliphatic rings. The normalized spacial score (nSPS) is 17.0. The van der Waals surface area contributed by atoms with E-state index < -0.39 is 5.60 Å². The highest BCUT2D eigenvalue weighted by molar-refractivity contribution is 6.06. The number of benzene rings is 2. The van der Waals surface area contributed by atoms with E-state index in [-0.39, 0.29) is 0 Å². The number of rotatable bonds is 5. The highest BCUT2D eigenvalue weighted by atomic mass is 16.5. The molecule has 1 saturated heterocycles. The Bertz CT molecular complexity index is 1370. The van der Waals surface area contributed by atoms with E-state index >= 15 is 0 Å². The number of pyridine rings is 1. The monoisotopic (exact) mass is 529 g/mol. The molecular formula is C32H43N5O2. The molecule has 0 bridgehead atoms. The lowest BCUT2D eigenvalue weighted by molar-refractivity contribution is 0.0619. The fourth-order valence-electron chi connectivity index (χ4n) is 5.26. The second-order valence-corrected chi connectivity index (χ2v) is 10.3. The Hall–Kier alpha value is -3.39. The second kappa shape index (κ2) is 12.6. The minimum absolute atomic E-state index is 0.548. The fourth-order valence-corrected chi connectivity index (χ4v) is 5.26. The predicted octanol–water partition coefficient (Wildman–Crippen LogP) is 5.76. The molecule has 0 amide bonds. The van der Waals surface area contributed by atoms with Crippen molar-refractivity contribution in [3.63, 3.8) is 0 Å². The van der Waals surface area contributed by atoms with Gasteiger partial charge in [-0.05, 0) is 56.2 Å². The number of aromatic nitrogens is 2. The summed E-state index contributed by atoms with van der Waals surface area (Å²) in [7, 11) is 1.79. The average molecular weight is 530 g/mol. The maximum absolute atomic E-state index is 10.7. The van der Waals surface area contributed by atoms with Gasteiger partial charge in [-0.15, -0.1) is 0 Å². The zero-order valence-corrected chi connectivity index (χ0v) is 23.7. The third-order valence-electron chi connectivity index (χ3n) is 7.41. The first kappa shape index (κ1) is 28.6. The lowest BCUT2D eigenvalue weighted by Crippen LogP contribution is -2.26. The third-order valence-corrected chi connectivity index (χ3v) is 7.41. The van der Waals surface area contributed by atoms with Crippen LogP contribution < -0.4 is 11.6 Å². The molecule has 5 N–H and O–H groups in total. The van der Waals surface area contributed by atoms with E-state index in [0.717, 1.165) is 84.2 Å². The quantitative estimate of drug-likeness (QED) is 0.224. The molecule has 7 heteroatoms. The highest BCUT2D eigenvalue weighted by Crippen LogP contribution is 2.46. The van der Waals surface area contributed by atoms with Crippen molar-refractivity contribution >= 4 is 27.6 Å². The summed E-state index contributed by atoms with van der Waals surface area (Å²) in [5, 5.41) is 13.4. The zero-order chi connectivity index (χ0) is 28.0. The van der Waals surface area contributed by atoms with Crippen molar-refractivity contribution in [2.45, 2.75) is 58.6 Å². The van der Waals surface area contributed by atoms with Crippen LogP contribution in [0.1, 0.15) is 57.6 Å². The molecule has 2 fully saturated rings. The van der Waals surface area contributed by atoms with Gasteiger partial charge in [0.05, 0.1) is 27.8 Å². The average Bonchev–Trinajstić information content (AvgIpc) is 3.65. The zero-order valence-electron chi connectivity index (χ0n) is 23.7. The maximum atomic E-state index is 10.7. The Labute approximate surface area is 232 Å². The molecule has 4 aromatic rings. The molecule has 0 spiro atoms. The van der Waals surface area contributed by atoms with Gasteiger partial charge in [-0.25, -0.2) is 5.84 Å². The largest absolute Gasteiger partial charge is 0.401 e. The van der Waals surface area contributed by atoms with Crippen LogP contribution in [0.25, 0.3) is 27.6 Å². The lowest BCUT2D eigenvalue weighted by Gasteiger charge is -2.24. The summed E-state index contributed by atoms with van der Waals surface area (Å²) < 4.78 is 7.94. The van der Waals surface area contributed by atoms with Crippen LogP contribution in [0, 0.1) is 5.92 Å². The standard InChI is InChI=1S/C24H31N5O2.C6H6.C2H6/c1-15(25)23(28(2)26)17-11-21-22(27-13-17)19-4-3-18(24(30)7-8-24)12-20(19)29(21)14-16-5-9-31-10-6-16;1-2-4-6-5-3-1;1-2/h3-4,11-13,16,30H,5-10,14,25-26H2,1-2H3;1-6H;1-2H3/b23-15-;;. The van der Waals surface area contributed by atoms with Crippen molar-refractivity contribution in [1.82, 2.24) is 14.6 Å². The summed E-state index contributed by atoms with van der Waals surface area (Å²) >= 11 is 0.